The molecule has 0 bridgehead atoms. The maximum atomic E-state index is 12.0. The summed E-state index contributed by atoms with van der Waals surface area (Å²) in [5.74, 6) is 0.771. The van der Waals surface area contributed by atoms with E-state index in [-0.39, 0.29) is 12.1 Å². The molecule has 142 valence electrons. The third kappa shape index (κ3) is 3.73. The van der Waals surface area contributed by atoms with Crippen LogP contribution in [0.3, 0.4) is 0 Å². The van der Waals surface area contributed by atoms with Gasteiger partial charge in [0.1, 0.15) is 22.6 Å². The van der Waals surface area contributed by atoms with Crippen molar-refractivity contribution in [1.29, 1.82) is 0 Å². The quantitative estimate of drug-likeness (QED) is 0.738. The zero-order valence-electron chi connectivity index (χ0n) is 15.8. The minimum atomic E-state index is -0.478. The number of nitrogens with one attached hydrogen (secondary N) is 1. The Bertz CT molecular complexity index is 983. The first-order chi connectivity index (χ1) is 12.8. The van der Waals surface area contributed by atoms with Crippen LogP contribution >= 0.6 is 11.3 Å². The number of amides is 1. The largest absolute Gasteiger partial charge is 0.444 e. The van der Waals surface area contributed by atoms with Crippen LogP contribution in [0.25, 0.3) is 10.2 Å². The van der Waals surface area contributed by atoms with Gasteiger partial charge < -0.3 is 15.0 Å². The van der Waals surface area contributed by atoms with Crippen molar-refractivity contribution in [2.75, 3.05) is 18.4 Å². The van der Waals surface area contributed by atoms with Crippen LogP contribution in [0.2, 0.25) is 0 Å². The van der Waals surface area contributed by atoms with Gasteiger partial charge in [0.2, 0.25) is 0 Å². The van der Waals surface area contributed by atoms with Crippen LogP contribution in [0.15, 0.2) is 24.8 Å². The zero-order chi connectivity index (χ0) is 19.2. The summed E-state index contributed by atoms with van der Waals surface area (Å²) in [4.78, 5) is 24.5. The van der Waals surface area contributed by atoms with Crippen molar-refractivity contribution in [2.24, 2.45) is 0 Å². The minimum absolute atomic E-state index is 0.155. The molecule has 3 aromatic rings. The maximum absolute atomic E-state index is 12.0. The maximum Gasteiger partial charge on any atom is 0.410 e. The fourth-order valence-electron chi connectivity index (χ4n) is 2.91. The van der Waals surface area contributed by atoms with Gasteiger partial charge in [-0.3, -0.25) is 4.68 Å². The Kier molecular flexibility index (Phi) is 4.26. The van der Waals surface area contributed by atoms with E-state index < -0.39 is 5.60 Å². The van der Waals surface area contributed by atoms with E-state index in [0.717, 1.165) is 21.7 Å². The molecule has 3 aromatic heterocycles. The van der Waals surface area contributed by atoms with Crippen molar-refractivity contribution >= 4 is 39.2 Å². The molecular formula is C18H22N6O2S. The van der Waals surface area contributed by atoms with E-state index in [1.807, 2.05) is 31.6 Å². The molecule has 1 aliphatic heterocycles. The summed E-state index contributed by atoms with van der Waals surface area (Å²) in [5, 5.41) is 8.75. The fraction of sp³-hybridized carbons (Fsp3) is 0.444. The summed E-state index contributed by atoms with van der Waals surface area (Å²) < 4.78 is 7.26. The van der Waals surface area contributed by atoms with Gasteiger partial charge in [-0.2, -0.15) is 5.10 Å². The van der Waals surface area contributed by atoms with Gasteiger partial charge in [0.05, 0.1) is 23.3 Å². The number of fused-ring (bicyclic) bond motifs is 1. The molecule has 27 heavy (non-hydrogen) atoms. The summed E-state index contributed by atoms with van der Waals surface area (Å²) >= 11 is 1.65. The lowest BCUT2D eigenvalue weighted by atomic mass is 10.1. The third-order valence-corrected chi connectivity index (χ3v) is 5.16. The lowest BCUT2D eigenvalue weighted by molar-refractivity contribution is -0.000378. The van der Waals surface area contributed by atoms with Crippen LogP contribution in [0.1, 0.15) is 31.7 Å². The SMILES string of the molecule is Cc1cc2c(Nc3cnn(C4CN(C(=O)OC(C)(C)C)C4)c3)ncnc2s1. The van der Waals surface area contributed by atoms with E-state index in [0.29, 0.717) is 13.1 Å². The van der Waals surface area contributed by atoms with E-state index in [2.05, 4.69) is 33.4 Å². The monoisotopic (exact) mass is 386 g/mol. The molecule has 1 aliphatic rings. The topological polar surface area (TPSA) is 85.2 Å². The summed E-state index contributed by atoms with van der Waals surface area (Å²) in [6, 6.07) is 2.24. The molecule has 4 heterocycles. The van der Waals surface area contributed by atoms with Crippen LogP contribution < -0.4 is 5.32 Å². The smallest absolute Gasteiger partial charge is 0.410 e. The van der Waals surface area contributed by atoms with Crippen LogP contribution in [0.5, 0.6) is 0 Å². The van der Waals surface area contributed by atoms with Crippen LogP contribution in [0, 0.1) is 6.92 Å². The van der Waals surface area contributed by atoms with Gasteiger partial charge in [-0.1, -0.05) is 0 Å². The standard InChI is InChI=1S/C18H22N6O2S/c1-11-5-14-15(19-10-20-16(14)27-11)22-12-6-21-24(7-12)13-8-23(9-13)17(25)26-18(2,3)4/h5-7,10,13H,8-9H2,1-4H3,(H,19,20,22). The number of anilines is 2. The second-order valence-corrected chi connectivity index (χ2v) is 8.91. The molecule has 0 unspecified atom stereocenters. The van der Waals surface area contributed by atoms with Crippen molar-refractivity contribution < 1.29 is 9.53 Å². The number of aromatic nitrogens is 4. The van der Waals surface area contributed by atoms with Crippen molar-refractivity contribution in [3.8, 4) is 0 Å². The van der Waals surface area contributed by atoms with Gasteiger partial charge in [0.25, 0.3) is 0 Å². The van der Waals surface area contributed by atoms with Gasteiger partial charge in [-0.05, 0) is 33.8 Å². The van der Waals surface area contributed by atoms with Crippen molar-refractivity contribution in [1.82, 2.24) is 24.6 Å². The Hall–Kier alpha value is -2.68. The van der Waals surface area contributed by atoms with E-state index >= 15 is 0 Å². The van der Waals surface area contributed by atoms with Crippen LogP contribution in [-0.4, -0.2) is 49.4 Å². The highest BCUT2D eigenvalue weighted by Gasteiger charge is 2.35. The number of hydrogen-bond donors (Lipinski definition) is 1. The van der Waals surface area contributed by atoms with Gasteiger partial charge in [-0.15, -0.1) is 11.3 Å². The number of aryl methyl sites for hydroxylation is 1. The number of hydrogen-bond acceptors (Lipinski definition) is 7. The Labute approximate surface area is 161 Å². The number of rotatable bonds is 3. The molecule has 8 nitrogen and oxygen atoms in total. The third-order valence-electron chi connectivity index (χ3n) is 4.20. The Morgan fingerprint density at radius 3 is 2.85 bits per heavy atom. The lowest BCUT2D eigenvalue weighted by Gasteiger charge is -2.39. The summed E-state index contributed by atoms with van der Waals surface area (Å²) in [6.07, 6.45) is 4.99. The summed E-state index contributed by atoms with van der Waals surface area (Å²) in [7, 11) is 0. The highest BCUT2D eigenvalue weighted by Crippen LogP contribution is 2.30. The molecule has 0 aliphatic carbocycles. The second-order valence-electron chi connectivity index (χ2n) is 7.67. The second kappa shape index (κ2) is 6.49. The number of thiophene rings is 1. The van der Waals surface area contributed by atoms with Gasteiger partial charge in [-0.25, -0.2) is 14.8 Å². The van der Waals surface area contributed by atoms with Crippen LogP contribution in [-0.2, 0) is 4.74 Å². The Morgan fingerprint density at radius 2 is 2.11 bits per heavy atom. The van der Waals surface area contributed by atoms with Gasteiger partial charge in [0, 0.05) is 24.2 Å². The number of carbonyl (C=O) groups is 1. The molecule has 1 saturated heterocycles. The first kappa shape index (κ1) is 17.7. The molecular weight excluding hydrogens is 364 g/mol. The molecule has 0 saturated carbocycles. The summed E-state index contributed by atoms with van der Waals surface area (Å²) in [6.45, 7) is 8.85. The molecule has 9 heteroatoms. The normalized spacial score (nSPS) is 15.0. The molecule has 1 amide bonds. The number of likely N-dealkylation sites (tertiary alicyclic amines) is 1. The summed E-state index contributed by atoms with van der Waals surface area (Å²) in [5.41, 5.74) is 0.378. The highest BCUT2D eigenvalue weighted by atomic mass is 32.1. The first-order valence-corrected chi connectivity index (χ1v) is 9.60. The molecule has 4 rings (SSSR count). The zero-order valence-corrected chi connectivity index (χ0v) is 16.6. The first-order valence-electron chi connectivity index (χ1n) is 8.79. The highest BCUT2D eigenvalue weighted by molar-refractivity contribution is 7.18. The van der Waals surface area contributed by atoms with E-state index in [9.17, 15) is 4.79 Å². The van der Waals surface area contributed by atoms with Crippen molar-refractivity contribution in [3.63, 3.8) is 0 Å². The molecule has 0 aromatic carbocycles. The predicted molar refractivity (Wildman–Crippen MR) is 105 cm³/mol. The minimum Gasteiger partial charge on any atom is -0.444 e. The fourth-order valence-corrected chi connectivity index (χ4v) is 3.76. The average Bonchev–Trinajstić information content (AvgIpc) is 3.10. The molecule has 0 atom stereocenters. The van der Waals surface area contributed by atoms with E-state index in [1.54, 1.807) is 28.8 Å². The lowest BCUT2D eigenvalue weighted by Crippen LogP contribution is -2.52. The molecule has 0 spiro atoms. The molecule has 1 N–H and O–H groups in total. The number of ether oxygens (including phenoxy) is 1. The molecule has 0 radical (unpaired) electrons. The Morgan fingerprint density at radius 1 is 1.33 bits per heavy atom. The van der Waals surface area contributed by atoms with Crippen LogP contribution in [0.4, 0.5) is 16.3 Å². The van der Waals surface area contributed by atoms with E-state index in [4.69, 9.17) is 4.74 Å². The predicted octanol–water partition coefficient (Wildman–Crippen LogP) is 3.73. The Balaban J connectivity index is 1.40. The van der Waals surface area contributed by atoms with E-state index in [1.165, 1.54) is 4.88 Å². The van der Waals surface area contributed by atoms with Crippen molar-refractivity contribution in [3.05, 3.63) is 29.7 Å². The van der Waals surface area contributed by atoms with Crippen molar-refractivity contribution in [2.45, 2.75) is 39.3 Å². The molecule has 1 fully saturated rings. The van der Waals surface area contributed by atoms with Gasteiger partial charge >= 0.3 is 6.09 Å². The average molecular weight is 386 g/mol. The number of nitrogens with zero attached hydrogens (tertiary/aromatic N) is 5. The van der Waals surface area contributed by atoms with Gasteiger partial charge in [0.15, 0.2) is 0 Å². The number of carbonyl (C=O) groups excluding carboxylic acids is 1.